The summed E-state index contributed by atoms with van der Waals surface area (Å²) in [6.07, 6.45) is 0. The maximum atomic E-state index is 5.21. The highest BCUT2D eigenvalue weighted by Crippen LogP contribution is 2.42. The predicted molar refractivity (Wildman–Crippen MR) is 256 cm³/mol. The number of para-hydroxylation sites is 2. The Hall–Kier alpha value is -8.41. The molecule has 5 heteroatoms. The van der Waals surface area contributed by atoms with E-state index < -0.39 is 0 Å². The highest BCUT2D eigenvalue weighted by Gasteiger charge is 2.22. The van der Waals surface area contributed by atoms with Crippen molar-refractivity contribution in [1.29, 1.82) is 0 Å². The van der Waals surface area contributed by atoms with Gasteiger partial charge in [0.05, 0.1) is 27.8 Å². The molecule has 0 saturated carbocycles. The molecule has 9 aromatic carbocycles. The highest BCUT2D eigenvalue weighted by molar-refractivity contribution is 6.19. The molecule has 0 aliphatic heterocycles. The number of rotatable bonds is 7. The van der Waals surface area contributed by atoms with E-state index in [0.29, 0.717) is 17.6 Å². The maximum Gasteiger partial charge on any atom is 0.238 e. The summed E-state index contributed by atoms with van der Waals surface area (Å²) >= 11 is 0. The van der Waals surface area contributed by atoms with Crippen LogP contribution in [0.15, 0.2) is 224 Å². The summed E-state index contributed by atoms with van der Waals surface area (Å²) in [7, 11) is 0. The van der Waals surface area contributed by atoms with Crippen molar-refractivity contribution in [3.8, 4) is 67.8 Å². The molecule has 0 spiro atoms. The summed E-state index contributed by atoms with van der Waals surface area (Å²) in [5, 5.41) is 4.56. The van der Waals surface area contributed by atoms with Gasteiger partial charge in [0.25, 0.3) is 0 Å². The first-order valence-electron chi connectivity index (χ1n) is 20.9. The van der Waals surface area contributed by atoms with E-state index in [0.717, 1.165) is 71.7 Å². The van der Waals surface area contributed by atoms with Gasteiger partial charge >= 0.3 is 0 Å². The summed E-state index contributed by atoms with van der Waals surface area (Å²) in [5.41, 5.74) is 14.3. The van der Waals surface area contributed by atoms with E-state index in [1.165, 1.54) is 22.1 Å². The summed E-state index contributed by atoms with van der Waals surface area (Å²) in [6, 6.07) is 79.5. The number of aromatic nitrogens is 5. The largest absolute Gasteiger partial charge is 0.309 e. The zero-order chi connectivity index (χ0) is 41.0. The van der Waals surface area contributed by atoms with Crippen molar-refractivity contribution >= 4 is 43.6 Å². The third-order valence-electron chi connectivity index (χ3n) is 12.0. The molecule has 0 radical (unpaired) electrons. The molecule has 0 N–H and O–H groups in total. The molecular weight excluding hydrogens is 755 g/mol. The topological polar surface area (TPSA) is 48.5 Å². The van der Waals surface area contributed by atoms with Gasteiger partial charge in [-0.15, -0.1) is 0 Å². The molecule has 3 heterocycles. The molecule has 0 unspecified atom stereocenters. The van der Waals surface area contributed by atoms with E-state index in [-0.39, 0.29) is 0 Å². The van der Waals surface area contributed by atoms with Crippen molar-refractivity contribution in [2.45, 2.75) is 0 Å². The second-order valence-electron chi connectivity index (χ2n) is 15.7. The normalized spacial score (nSPS) is 11.5. The van der Waals surface area contributed by atoms with Gasteiger partial charge in [0.1, 0.15) is 0 Å². The van der Waals surface area contributed by atoms with Crippen LogP contribution in [-0.4, -0.2) is 24.1 Å². The molecule has 0 amide bonds. The van der Waals surface area contributed by atoms with E-state index in [1.54, 1.807) is 0 Å². The van der Waals surface area contributed by atoms with Crippen LogP contribution in [0, 0.1) is 0 Å². The fraction of sp³-hybridized carbons (Fsp3) is 0. The molecule has 290 valence electrons. The van der Waals surface area contributed by atoms with E-state index in [4.69, 9.17) is 15.0 Å². The Morgan fingerprint density at radius 1 is 0.258 bits per heavy atom. The van der Waals surface area contributed by atoms with Crippen LogP contribution >= 0.6 is 0 Å². The first-order valence-corrected chi connectivity index (χ1v) is 20.9. The maximum absolute atomic E-state index is 5.21. The minimum Gasteiger partial charge on any atom is -0.309 e. The number of fused-ring (bicyclic) bond motifs is 6. The Bertz CT molecular complexity index is 3550. The fourth-order valence-corrected chi connectivity index (χ4v) is 9.07. The van der Waals surface area contributed by atoms with Crippen LogP contribution < -0.4 is 0 Å². The van der Waals surface area contributed by atoms with Gasteiger partial charge in [0.15, 0.2) is 11.6 Å². The van der Waals surface area contributed by atoms with Crippen LogP contribution in [0.2, 0.25) is 0 Å². The van der Waals surface area contributed by atoms with Gasteiger partial charge < -0.3 is 4.57 Å². The monoisotopic (exact) mass is 791 g/mol. The van der Waals surface area contributed by atoms with Gasteiger partial charge in [0, 0.05) is 38.2 Å². The Morgan fingerprint density at radius 3 is 1.27 bits per heavy atom. The number of hydrogen-bond donors (Lipinski definition) is 0. The van der Waals surface area contributed by atoms with Crippen LogP contribution in [0.25, 0.3) is 111 Å². The van der Waals surface area contributed by atoms with Gasteiger partial charge in [0.2, 0.25) is 5.95 Å². The fourth-order valence-electron chi connectivity index (χ4n) is 9.07. The summed E-state index contributed by atoms with van der Waals surface area (Å²) in [6.45, 7) is 0. The minimum absolute atomic E-state index is 0.573. The lowest BCUT2D eigenvalue weighted by molar-refractivity contribution is 0.954. The zero-order valence-electron chi connectivity index (χ0n) is 33.6. The average molecular weight is 792 g/mol. The molecule has 0 aliphatic carbocycles. The Balaban J connectivity index is 1.13. The van der Waals surface area contributed by atoms with E-state index in [9.17, 15) is 0 Å². The average Bonchev–Trinajstić information content (AvgIpc) is 3.86. The van der Waals surface area contributed by atoms with Crippen LogP contribution in [-0.2, 0) is 0 Å². The molecule has 5 nitrogen and oxygen atoms in total. The van der Waals surface area contributed by atoms with Crippen molar-refractivity contribution in [2.75, 3.05) is 0 Å². The third-order valence-corrected chi connectivity index (χ3v) is 12.0. The molecule has 0 bridgehead atoms. The van der Waals surface area contributed by atoms with Crippen LogP contribution in [0.1, 0.15) is 0 Å². The van der Waals surface area contributed by atoms with E-state index >= 15 is 0 Å². The Morgan fingerprint density at radius 2 is 0.694 bits per heavy atom. The summed E-state index contributed by atoms with van der Waals surface area (Å²) in [5.74, 6) is 1.82. The SMILES string of the molecule is c1ccc(-c2cccc(-c3ccc(-c4ccccc4)c(-n4c5ccccc5c5cc6c(cc54)c4ccccc4n6-c4nc(-c5ccccc5)nc(-c5ccccc5)n4)c3)c2)cc1. The van der Waals surface area contributed by atoms with Crippen molar-refractivity contribution in [1.82, 2.24) is 24.1 Å². The van der Waals surface area contributed by atoms with E-state index in [1.807, 2.05) is 36.4 Å². The lowest BCUT2D eigenvalue weighted by Gasteiger charge is -2.17. The van der Waals surface area contributed by atoms with Crippen molar-refractivity contribution in [2.24, 2.45) is 0 Å². The van der Waals surface area contributed by atoms with Gasteiger partial charge in [-0.1, -0.05) is 188 Å². The first-order chi connectivity index (χ1) is 30.7. The van der Waals surface area contributed by atoms with E-state index in [2.05, 4.69) is 197 Å². The molecule has 0 saturated heterocycles. The van der Waals surface area contributed by atoms with Crippen molar-refractivity contribution < 1.29 is 0 Å². The minimum atomic E-state index is 0.573. The predicted octanol–water partition coefficient (Wildman–Crippen LogP) is 14.4. The molecule has 3 aromatic heterocycles. The zero-order valence-corrected chi connectivity index (χ0v) is 33.6. The van der Waals surface area contributed by atoms with Crippen LogP contribution in [0.5, 0.6) is 0 Å². The lowest BCUT2D eigenvalue weighted by atomic mass is 9.95. The first kappa shape index (κ1) is 35.5. The quantitative estimate of drug-likeness (QED) is 0.162. The van der Waals surface area contributed by atoms with Gasteiger partial charge in [-0.3, -0.25) is 4.57 Å². The number of benzene rings is 9. The molecule has 0 fully saturated rings. The molecule has 12 rings (SSSR count). The smallest absolute Gasteiger partial charge is 0.238 e. The highest BCUT2D eigenvalue weighted by atomic mass is 15.2. The Kier molecular flexibility index (Phi) is 8.42. The molecule has 0 aliphatic rings. The second kappa shape index (κ2) is 14.7. The van der Waals surface area contributed by atoms with Gasteiger partial charge in [-0.25, -0.2) is 4.98 Å². The number of hydrogen-bond acceptors (Lipinski definition) is 3. The third kappa shape index (κ3) is 5.98. The van der Waals surface area contributed by atoms with Crippen molar-refractivity contribution in [3.63, 3.8) is 0 Å². The summed E-state index contributed by atoms with van der Waals surface area (Å²) in [4.78, 5) is 15.4. The summed E-state index contributed by atoms with van der Waals surface area (Å²) < 4.78 is 4.68. The van der Waals surface area contributed by atoms with Gasteiger partial charge in [-0.2, -0.15) is 9.97 Å². The molecule has 12 aromatic rings. The standard InChI is InChI=1S/C57H37N5/c1-5-18-38(19-6-1)42-26-17-27-43(34-42)44-32-33-45(39-20-7-2-8-21-39)52(35-44)61-50-30-15-13-28-46(50)48-37-54-49(36-53(48)61)47-29-14-16-31-51(47)62(54)57-59-55(40-22-9-3-10-23-40)58-56(60-57)41-24-11-4-12-25-41/h1-37H. The number of nitrogens with zero attached hydrogens (tertiary/aromatic N) is 5. The Labute approximate surface area is 358 Å². The second-order valence-corrected chi connectivity index (χ2v) is 15.7. The molecule has 0 atom stereocenters. The molecule has 62 heavy (non-hydrogen) atoms. The van der Waals surface area contributed by atoms with Crippen molar-refractivity contribution in [3.05, 3.63) is 224 Å². The lowest BCUT2D eigenvalue weighted by Crippen LogP contribution is -2.06. The van der Waals surface area contributed by atoms with Crippen LogP contribution in [0.4, 0.5) is 0 Å². The van der Waals surface area contributed by atoms with Crippen LogP contribution in [0.3, 0.4) is 0 Å². The molecular formula is C57H37N5. The van der Waals surface area contributed by atoms with Gasteiger partial charge in [-0.05, 0) is 64.2 Å².